The van der Waals surface area contributed by atoms with Gasteiger partial charge in [0.25, 0.3) is 5.88 Å². The molecule has 0 aromatic carbocycles. The smallest absolute Gasteiger partial charge is 0.338 e. The highest BCUT2D eigenvalue weighted by Crippen LogP contribution is 2.21. The molecule has 0 amide bonds. The molecular formula is C11H12FNO4. The van der Waals surface area contributed by atoms with Crippen molar-refractivity contribution in [2.24, 2.45) is 0 Å². The summed E-state index contributed by atoms with van der Waals surface area (Å²) in [5.74, 6) is -2.51. The second-order valence-electron chi connectivity index (χ2n) is 3.71. The van der Waals surface area contributed by atoms with Gasteiger partial charge in [-0.25, -0.2) is 14.2 Å². The van der Waals surface area contributed by atoms with E-state index in [4.69, 9.17) is 14.6 Å². The third kappa shape index (κ3) is 2.71. The normalized spacial score (nSPS) is 16.8. The van der Waals surface area contributed by atoms with Crippen molar-refractivity contribution in [2.45, 2.75) is 18.9 Å². The van der Waals surface area contributed by atoms with Crippen molar-refractivity contribution in [1.29, 1.82) is 0 Å². The summed E-state index contributed by atoms with van der Waals surface area (Å²) in [5, 5.41) is 8.75. The fraction of sp³-hybridized carbons (Fsp3) is 0.455. The molecule has 17 heavy (non-hydrogen) atoms. The highest BCUT2D eigenvalue weighted by atomic mass is 19.1. The van der Waals surface area contributed by atoms with E-state index in [2.05, 4.69) is 4.98 Å². The van der Waals surface area contributed by atoms with Gasteiger partial charge >= 0.3 is 5.97 Å². The highest BCUT2D eigenvalue weighted by Gasteiger charge is 2.21. The average Bonchev–Trinajstić information content (AvgIpc) is 2.33. The van der Waals surface area contributed by atoms with Crippen LogP contribution in [0.25, 0.3) is 0 Å². The third-order valence-electron chi connectivity index (χ3n) is 2.53. The lowest BCUT2D eigenvalue weighted by molar-refractivity contribution is 0.0218. The van der Waals surface area contributed by atoms with E-state index in [1.54, 1.807) is 0 Å². The van der Waals surface area contributed by atoms with Crippen molar-refractivity contribution >= 4 is 5.97 Å². The Morgan fingerprint density at radius 3 is 2.88 bits per heavy atom. The van der Waals surface area contributed by atoms with Gasteiger partial charge in [0.1, 0.15) is 11.7 Å². The average molecular weight is 241 g/mol. The number of hydrogen-bond acceptors (Lipinski definition) is 4. The van der Waals surface area contributed by atoms with E-state index in [0.717, 1.165) is 6.07 Å². The lowest BCUT2D eigenvalue weighted by atomic mass is 10.1. The summed E-state index contributed by atoms with van der Waals surface area (Å²) in [4.78, 5) is 14.4. The maximum atomic E-state index is 13.7. The summed E-state index contributed by atoms with van der Waals surface area (Å²) in [7, 11) is 0. The van der Waals surface area contributed by atoms with Crippen LogP contribution in [-0.4, -0.2) is 35.4 Å². The van der Waals surface area contributed by atoms with E-state index in [1.165, 1.54) is 6.20 Å². The van der Waals surface area contributed by atoms with Gasteiger partial charge in [0.05, 0.1) is 13.2 Å². The number of pyridine rings is 1. The molecule has 0 saturated carbocycles. The summed E-state index contributed by atoms with van der Waals surface area (Å²) in [6.45, 7) is 1.12. The summed E-state index contributed by atoms with van der Waals surface area (Å²) in [6, 6.07) is 1.11. The van der Waals surface area contributed by atoms with Gasteiger partial charge in [0.2, 0.25) is 0 Å². The topological polar surface area (TPSA) is 68.7 Å². The summed E-state index contributed by atoms with van der Waals surface area (Å²) in [6.07, 6.45) is 2.35. The van der Waals surface area contributed by atoms with Crippen molar-refractivity contribution in [3.05, 3.63) is 23.6 Å². The Morgan fingerprint density at radius 2 is 2.24 bits per heavy atom. The van der Waals surface area contributed by atoms with Crippen molar-refractivity contribution in [3.8, 4) is 5.88 Å². The van der Waals surface area contributed by atoms with E-state index in [1.807, 2.05) is 0 Å². The minimum Gasteiger partial charge on any atom is -0.478 e. The van der Waals surface area contributed by atoms with Gasteiger partial charge in [-0.15, -0.1) is 0 Å². The van der Waals surface area contributed by atoms with Gasteiger partial charge in [0, 0.05) is 19.0 Å². The molecule has 2 rings (SSSR count). The van der Waals surface area contributed by atoms with Crippen LogP contribution < -0.4 is 4.74 Å². The maximum absolute atomic E-state index is 13.7. The molecule has 0 bridgehead atoms. The first-order valence-electron chi connectivity index (χ1n) is 5.30. The van der Waals surface area contributed by atoms with Crippen LogP contribution in [0.2, 0.25) is 0 Å². The molecule has 1 aromatic heterocycles. The predicted molar refractivity (Wildman–Crippen MR) is 55.6 cm³/mol. The summed E-state index contributed by atoms with van der Waals surface area (Å²) >= 11 is 0. The first-order chi connectivity index (χ1) is 8.18. The van der Waals surface area contributed by atoms with E-state index in [0.29, 0.717) is 26.1 Å². The number of halogens is 1. The number of carboxylic acid groups (broad SMARTS) is 1. The van der Waals surface area contributed by atoms with E-state index < -0.39 is 17.3 Å². The second kappa shape index (κ2) is 5.09. The first kappa shape index (κ1) is 11.8. The van der Waals surface area contributed by atoms with Crippen molar-refractivity contribution in [3.63, 3.8) is 0 Å². The molecule has 1 aliphatic rings. The van der Waals surface area contributed by atoms with Crippen LogP contribution in [0.1, 0.15) is 23.2 Å². The molecule has 0 aliphatic carbocycles. The van der Waals surface area contributed by atoms with Crippen LogP contribution in [0, 0.1) is 5.82 Å². The maximum Gasteiger partial charge on any atom is 0.338 e. The number of carbonyl (C=O) groups is 1. The molecule has 2 heterocycles. The molecule has 1 saturated heterocycles. The predicted octanol–water partition coefficient (Wildman–Crippen LogP) is 1.48. The molecule has 0 atom stereocenters. The Balaban J connectivity index is 2.15. The molecule has 0 spiro atoms. The summed E-state index contributed by atoms with van der Waals surface area (Å²) in [5.41, 5.74) is -0.429. The SMILES string of the molecule is O=C(O)c1ccnc(OC2CCOCC2)c1F. The summed E-state index contributed by atoms with van der Waals surface area (Å²) < 4.78 is 24.2. The van der Waals surface area contributed by atoms with Gasteiger partial charge < -0.3 is 14.6 Å². The molecule has 1 N–H and O–H groups in total. The molecule has 0 unspecified atom stereocenters. The van der Waals surface area contributed by atoms with Crippen LogP contribution in [0.3, 0.4) is 0 Å². The zero-order valence-corrected chi connectivity index (χ0v) is 9.06. The monoisotopic (exact) mass is 241 g/mol. The standard InChI is InChI=1S/C11H12FNO4/c12-9-8(11(14)15)1-4-13-10(9)17-7-2-5-16-6-3-7/h1,4,7H,2-3,5-6H2,(H,14,15). The number of aromatic nitrogens is 1. The number of aromatic carboxylic acids is 1. The Kier molecular flexibility index (Phi) is 3.53. The first-order valence-corrected chi connectivity index (χ1v) is 5.30. The number of rotatable bonds is 3. The third-order valence-corrected chi connectivity index (χ3v) is 2.53. The highest BCUT2D eigenvalue weighted by molar-refractivity contribution is 5.88. The fourth-order valence-electron chi connectivity index (χ4n) is 1.62. The number of hydrogen-bond donors (Lipinski definition) is 1. The zero-order valence-electron chi connectivity index (χ0n) is 9.06. The Labute approximate surface area is 97.2 Å². The van der Waals surface area contributed by atoms with Gasteiger partial charge in [-0.2, -0.15) is 0 Å². The molecule has 1 fully saturated rings. The minimum absolute atomic E-state index is 0.171. The van der Waals surface area contributed by atoms with Crippen LogP contribution in [0.15, 0.2) is 12.3 Å². The van der Waals surface area contributed by atoms with Crippen molar-refractivity contribution in [2.75, 3.05) is 13.2 Å². The van der Waals surface area contributed by atoms with Gasteiger partial charge in [-0.1, -0.05) is 0 Å². The molecule has 92 valence electrons. The number of nitrogens with zero attached hydrogens (tertiary/aromatic N) is 1. The Morgan fingerprint density at radius 1 is 1.53 bits per heavy atom. The van der Waals surface area contributed by atoms with Crippen LogP contribution in [0.4, 0.5) is 4.39 Å². The molecule has 5 nitrogen and oxygen atoms in total. The quantitative estimate of drug-likeness (QED) is 0.868. The molecular weight excluding hydrogens is 229 g/mol. The van der Waals surface area contributed by atoms with Crippen LogP contribution in [-0.2, 0) is 4.74 Å². The van der Waals surface area contributed by atoms with Gasteiger partial charge in [-0.3, -0.25) is 0 Å². The number of ether oxygens (including phenoxy) is 2. The Hall–Kier alpha value is -1.69. The van der Waals surface area contributed by atoms with Gasteiger partial charge in [-0.05, 0) is 6.07 Å². The van der Waals surface area contributed by atoms with Crippen molar-refractivity contribution in [1.82, 2.24) is 4.98 Å². The lowest BCUT2D eigenvalue weighted by Crippen LogP contribution is -2.26. The Bertz CT molecular complexity index is 418. The molecule has 0 radical (unpaired) electrons. The fourth-order valence-corrected chi connectivity index (χ4v) is 1.62. The van der Waals surface area contributed by atoms with Crippen LogP contribution in [0.5, 0.6) is 5.88 Å². The van der Waals surface area contributed by atoms with E-state index in [9.17, 15) is 9.18 Å². The van der Waals surface area contributed by atoms with Crippen molar-refractivity contribution < 1.29 is 23.8 Å². The van der Waals surface area contributed by atoms with Gasteiger partial charge in [0.15, 0.2) is 5.82 Å². The zero-order chi connectivity index (χ0) is 12.3. The lowest BCUT2D eigenvalue weighted by Gasteiger charge is -2.22. The molecule has 1 aromatic rings. The second-order valence-corrected chi connectivity index (χ2v) is 3.71. The molecule has 6 heteroatoms. The minimum atomic E-state index is -1.33. The van der Waals surface area contributed by atoms with Crippen LogP contribution >= 0.6 is 0 Å². The molecule has 1 aliphatic heterocycles. The number of carboxylic acids is 1. The van der Waals surface area contributed by atoms with E-state index >= 15 is 0 Å². The van der Waals surface area contributed by atoms with E-state index in [-0.39, 0.29) is 12.0 Å². The largest absolute Gasteiger partial charge is 0.478 e.